The zero-order valence-corrected chi connectivity index (χ0v) is 27.7. The minimum absolute atomic E-state index is 0.103. The van der Waals surface area contributed by atoms with Gasteiger partial charge in [-0.25, -0.2) is 0 Å². The summed E-state index contributed by atoms with van der Waals surface area (Å²) >= 11 is 0. The highest BCUT2D eigenvalue weighted by molar-refractivity contribution is 5.97. The number of piperidine rings is 1. The van der Waals surface area contributed by atoms with Crippen LogP contribution >= 0.6 is 0 Å². The highest BCUT2D eigenvalue weighted by Gasteiger charge is 2.47. The maximum Gasteiger partial charge on any atom is 0.154 e. The number of carbonyl (C=O) groups excluding carboxylic acids is 3. The number of benzene rings is 2. The molecule has 242 valence electrons. The number of hydrogen-bond donors (Lipinski definition) is 1. The van der Waals surface area contributed by atoms with Crippen molar-refractivity contribution in [3.63, 3.8) is 0 Å². The predicted octanol–water partition coefficient (Wildman–Crippen LogP) is 7.08. The average Bonchev–Trinajstić information content (AvgIpc) is 3.75. The second-order valence-corrected chi connectivity index (χ2v) is 14.0. The van der Waals surface area contributed by atoms with E-state index in [0.29, 0.717) is 18.6 Å². The lowest BCUT2D eigenvalue weighted by Crippen LogP contribution is -2.53. The van der Waals surface area contributed by atoms with Gasteiger partial charge in [-0.1, -0.05) is 62.6 Å². The van der Waals surface area contributed by atoms with E-state index < -0.39 is 6.04 Å². The molecule has 45 heavy (non-hydrogen) atoms. The van der Waals surface area contributed by atoms with E-state index in [1.807, 2.05) is 20.0 Å². The minimum atomic E-state index is -0.454. The smallest absolute Gasteiger partial charge is 0.154 e. The second kappa shape index (κ2) is 15.4. The Morgan fingerprint density at radius 3 is 2.24 bits per heavy atom. The third kappa shape index (κ3) is 8.00. The first-order chi connectivity index (χ1) is 21.8. The number of aryl methyl sites for hydroxylation is 3. The van der Waals surface area contributed by atoms with Crippen LogP contribution in [0.1, 0.15) is 93.4 Å². The highest BCUT2D eigenvalue weighted by Crippen LogP contribution is 2.42. The molecule has 2 aromatic carbocycles. The van der Waals surface area contributed by atoms with E-state index in [4.69, 9.17) is 0 Å². The van der Waals surface area contributed by atoms with Crippen molar-refractivity contribution in [2.75, 3.05) is 18.6 Å². The van der Waals surface area contributed by atoms with Crippen LogP contribution in [0.2, 0.25) is 0 Å². The van der Waals surface area contributed by atoms with Crippen LogP contribution in [0.25, 0.3) is 0 Å². The van der Waals surface area contributed by atoms with Gasteiger partial charge in [0.2, 0.25) is 0 Å². The number of rotatable bonds is 14. The van der Waals surface area contributed by atoms with Crippen molar-refractivity contribution in [1.29, 1.82) is 0 Å². The van der Waals surface area contributed by atoms with Gasteiger partial charge in [0.05, 0.1) is 11.7 Å². The molecule has 1 heterocycles. The maximum atomic E-state index is 14.4. The average molecular weight is 612 g/mol. The molecule has 6 nitrogen and oxygen atoms in total. The maximum absolute atomic E-state index is 14.4. The number of Topliss-reactive ketones (excluding diaryl/α,β-unsaturated/α-hetero) is 3. The summed E-state index contributed by atoms with van der Waals surface area (Å²) in [4.78, 5) is 42.0. The van der Waals surface area contributed by atoms with Crippen molar-refractivity contribution in [1.82, 2.24) is 5.32 Å². The molecule has 1 saturated heterocycles. The van der Waals surface area contributed by atoms with E-state index in [0.717, 1.165) is 94.0 Å². The van der Waals surface area contributed by atoms with Gasteiger partial charge >= 0.3 is 0 Å². The Bertz CT molecular complexity index is 1350. The van der Waals surface area contributed by atoms with Gasteiger partial charge in [-0.15, -0.1) is 0 Å². The summed E-state index contributed by atoms with van der Waals surface area (Å²) in [5, 5.41) is 9.23. The molecule has 5 atom stereocenters. The summed E-state index contributed by atoms with van der Waals surface area (Å²) in [6, 6.07) is 14.7. The third-order valence-corrected chi connectivity index (χ3v) is 10.9. The summed E-state index contributed by atoms with van der Waals surface area (Å²) in [6.07, 6.45) is 11.5. The van der Waals surface area contributed by atoms with Gasteiger partial charge in [-0.2, -0.15) is 5.10 Å². The Balaban J connectivity index is 1.32. The summed E-state index contributed by atoms with van der Waals surface area (Å²) in [5.41, 5.74) is 5.83. The van der Waals surface area contributed by atoms with Gasteiger partial charge in [0, 0.05) is 43.9 Å². The van der Waals surface area contributed by atoms with Crippen molar-refractivity contribution in [3.8, 4) is 0 Å². The van der Waals surface area contributed by atoms with Crippen molar-refractivity contribution in [3.05, 3.63) is 64.7 Å². The van der Waals surface area contributed by atoms with Crippen LogP contribution in [0.4, 0.5) is 5.69 Å². The van der Waals surface area contributed by atoms with E-state index in [2.05, 4.69) is 60.5 Å². The van der Waals surface area contributed by atoms with Gasteiger partial charge in [-0.05, 0) is 105 Å². The van der Waals surface area contributed by atoms with E-state index in [1.54, 1.807) is 5.01 Å². The molecule has 0 amide bonds. The molecule has 1 aliphatic heterocycles. The van der Waals surface area contributed by atoms with Gasteiger partial charge in [0.25, 0.3) is 0 Å². The fraction of sp³-hybridized carbons (Fsp3) is 0.590. The van der Waals surface area contributed by atoms with Gasteiger partial charge in [0.15, 0.2) is 5.78 Å². The molecule has 6 heteroatoms. The SMILES string of the molecule is C=NN(C)c1ccc(CCC(=O)[C@@H]2C[C@@H](Cc3ccc(CCC)cc3)CC2C(=O)[C@@H]2NCCC[C@@H]2C(=O)C2CCCC2)cc1C. The van der Waals surface area contributed by atoms with Crippen LogP contribution < -0.4 is 10.3 Å². The Hall–Kier alpha value is -3.12. The fourth-order valence-corrected chi connectivity index (χ4v) is 8.45. The molecule has 0 bridgehead atoms. The van der Waals surface area contributed by atoms with Crippen LogP contribution in [0, 0.1) is 36.5 Å². The Morgan fingerprint density at radius 1 is 0.867 bits per heavy atom. The van der Waals surface area contributed by atoms with Crippen molar-refractivity contribution >= 4 is 29.8 Å². The first-order valence-corrected chi connectivity index (χ1v) is 17.5. The first-order valence-electron chi connectivity index (χ1n) is 17.5. The van der Waals surface area contributed by atoms with E-state index >= 15 is 0 Å². The lowest BCUT2D eigenvalue weighted by atomic mass is 9.75. The third-order valence-electron chi connectivity index (χ3n) is 10.9. The molecule has 0 spiro atoms. The van der Waals surface area contributed by atoms with Crippen LogP contribution in [-0.2, 0) is 33.6 Å². The Labute approximate surface area is 270 Å². The molecule has 1 N–H and O–H groups in total. The molecular formula is C39H53N3O3. The van der Waals surface area contributed by atoms with E-state index in [1.165, 1.54) is 11.1 Å². The molecule has 1 unspecified atom stereocenters. The molecule has 2 aliphatic carbocycles. The van der Waals surface area contributed by atoms with Crippen LogP contribution in [0.15, 0.2) is 47.6 Å². The van der Waals surface area contributed by atoms with Crippen molar-refractivity contribution < 1.29 is 14.4 Å². The lowest BCUT2D eigenvalue weighted by molar-refractivity contribution is -0.138. The van der Waals surface area contributed by atoms with Gasteiger partial charge in [0.1, 0.15) is 11.6 Å². The topological polar surface area (TPSA) is 78.8 Å². The normalized spacial score (nSPS) is 25.3. The molecule has 0 radical (unpaired) electrons. The fourth-order valence-electron chi connectivity index (χ4n) is 8.45. The zero-order valence-electron chi connectivity index (χ0n) is 27.7. The van der Waals surface area contributed by atoms with Crippen molar-refractivity contribution in [2.24, 2.45) is 34.7 Å². The van der Waals surface area contributed by atoms with Crippen LogP contribution in [0.5, 0.6) is 0 Å². The summed E-state index contributed by atoms with van der Waals surface area (Å²) in [5.74, 6) is 0.115. The van der Waals surface area contributed by atoms with Crippen molar-refractivity contribution in [2.45, 2.75) is 103 Å². The number of carbonyl (C=O) groups is 3. The summed E-state index contributed by atoms with van der Waals surface area (Å²) in [6.45, 7) is 8.62. The van der Waals surface area contributed by atoms with E-state index in [9.17, 15) is 14.4 Å². The first kappa shape index (κ1) is 33.2. The highest BCUT2D eigenvalue weighted by atomic mass is 16.1. The number of nitrogens with zero attached hydrogens (tertiary/aromatic N) is 2. The number of anilines is 1. The number of nitrogens with one attached hydrogen (secondary N) is 1. The zero-order chi connectivity index (χ0) is 31.9. The number of hydrogen-bond acceptors (Lipinski definition) is 6. The standard InChI is InChI=1S/C39H53N3O3/c1-5-9-27-13-15-29(16-14-27)23-30-24-33(36(43)20-18-28-17-19-35(26(2)22-28)42(4)40-3)34(25-30)39(45)37-32(12-8-21-41-37)38(44)31-10-6-7-11-31/h13-17,19,22,30-34,37,41H,3,5-12,18,20-21,23-25H2,1-2,4H3/t30-,32+,33-,34?,37-/m1/s1. The predicted molar refractivity (Wildman–Crippen MR) is 183 cm³/mol. The van der Waals surface area contributed by atoms with Gasteiger partial charge in [-0.3, -0.25) is 19.4 Å². The molecule has 3 fully saturated rings. The monoisotopic (exact) mass is 611 g/mol. The number of hydrazone groups is 1. The minimum Gasteiger partial charge on any atom is -0.307 e. The number of ketones is 3. The largest absolute Gasteiger partial charge is 0.307 e. The lowest BCUT2D eigenvalue weighted by Gasteiger charge is -2.34. The molecule has 0 aromatic heterocycles. The van der Waals surface area contributed by atoms with Crippen LogP contribution in [-0.4, -0.2) is 43.7 Å². The van der Waals surface area contributed by atoms with E-state index in [-0.39, 0.29) is 41.2 Å². The van der Waals surface area contributed by atoms with Crippen LogP contribution in [0.3, 0.4) is 0 Å². The summed E-state index contributed by atoms with van der Waals surface area (Å²) < 4.78 is 0. The molecule has 2 aromatic rings. The Kier molecular flexibility index (Phi) is 11.4. The molecule has 2 saturated carbocycles. The summed E-state index contributed by atoms with van der Waals surface area (Å²) in [7, 11) is 1.87. The molecule has 3 aliphatic rings. The Morgan fingerprint density at radius 2 is 1.56 bits per heavy atom. The van der Waals surface area contributed by atoms with Gasteiger partial charge < -0.3 is 5.32 Å². The second-order valence-electron chi connectivity index (χ2n) is 14.0. The quantitative estimate of drug-likeness (QED) is 0.182. The molecular weight excluding hydrogens is 558 g/mol. The molecule has 5 rings (SSSR count).